The second kappa shape index (κ2) is 9.91. The number of piperazine rings is 1. The highest BCUT2D eigenvalue weighted by molar-refractivity contribution is 7.90. The van der Waals surface area contributed by atoms with Crippen molar-refractivity contribution in [1.82, 2.24) is 24.5 Å². The molecule has 1 aliphatic rings. The van der Waals surface area contributed by atoms with Crippen LogP contribution in [-0.4, -0.2) is 81.6 Å². The van der Waals surface area contributed by atoms with Crippen LogP contribution in [0.4, 0.5) is 26.4 Å². The average Bonchev–Trinajstić information content (AvgIpc) is 3.53. The molecule has 1 fully saturated rings. The lowest BCUT2D eigenvalue weighted by molar-refractivity contribution is 0.262. The lowest BCUT2D eigenvalue weighted by atomic mass is 10.2. The summed E-state index contributed by atoms with van der Waals surface area (Å²) in [6.07, 6.45) is 2.96. The summed E-state index contributed by atoms with van der Waals surface area (Å²) in [5.41, 5.74) is 7.59. The van der Waals surface area contributed by atoms with Crippen molar-refractivity contribution in [2.24, 2.45) is 0 Å². The van der Waals surface area contributed by atoms with Crippen LogP contribution < -0.4 is 15.5 Å². The monoisotopic (exact) mass is 516 g/mol. The van der Waals surface area contributed by atoms with Gasteiger partial charge in [0.25, 0.3) is 0 Å². The molecule has 4 heterocycles. The molecule has 1 aliphatic heterocycles. The number of anilines is 3. The lowest BCUT2D eigenvalue weighted by Gasteiger charge is -2.36. The Balaban J connectivity index is 1.20. The SMILES string of the molecule is CN(CCN1CCN(c2cc([S@@+](C)[O-])c(F)cc2F)CC1)c1nc(N)n2nc(-c3ccco3)cc2n1. The summed E-state index contributed by atoms with van der Waals surface area (Å²) in [5.74, 6) is -0.100. The first-order valence-electron chi connectivity index (χ1n) is 11.4. The molecule has 2 N–H and O–H groups in total. The van der Waals surface area contributed by atoms with Crippen LogP contribution in [-0.2, 0) is 11.2 Å². The molecule has 13 heteroatoms. The highest BCUT2D eigenvalue weighted by Crippen LogP contribution is 2.27. The first kappa shape index (κ1) is 24.3. The van der Waals surface area contributed by atoms with Gasteiger partial charge in [-0.1, -0.05) is 0 Å². The summed E-state index contributed by atoms with van der Waals surface area (Å²) in [6.45, 7) is 3.94. The number of nitrogens with zero attached hydrogens (tertiary/aromatic N) is 7. The van der Waals surface area contributed by atoms with Gasteiger partial charge in [0.2, 0.25) is 11.9 Å². The van der Waals surface area contributed by atoms with E-state index < -0.39 is 22.8 Å². The largest absolute Gasteiger partial charge is 0.612 e. The Morgan fingerprint density at radius 1 is 1.14 bits per heavy atom. The Kier molecular flexibility index (Phi) is 6.69. The van der Waals surface area contributed by atoms with Crippen molar-refractivity contribution < 1.29 is 17.8 Å². The van der Waals surface area contributed by atoms with Crippen molar-refractivity contribution in [3.63, 3.8) is 0 Å². The van der Waals surface area contributed by atoms with Gasteiger partial charge in [-0.3, -0.25) is 4.90 Å². The van der Waals surface area contributed by atoms with Crippen LogP contribution in [0.2, 0.25) is 0 Å². The van der Waals surface area contributed by atoms with Crippen molar-refractivity contribution in [3.8, 4) is 11.5 Å². The molecule has 0 spiro atoms. The van der Waals surface area contributed by atoms with Crippen LogP contribution in [0.15, 0.2) is 45.9 Å². The molecule has 1 saturated heterocycles. The Morgan fingerprint density at radius 2 is 1.92 bits per heavy atom. The van der Waals surface area contributed by atoms with Crippen LogP contribution in [0, 0.1) is 11.6 Å². The van der Waals surface area contributed by atoms with E-state index in [9.17, 15) is 13.3 Å². The van der Waals surface area contributed by atoms with E-state index >= 15 is 0 Å². The number of hydrogen-bond donors (Lipinski definition) is 1. The Labute approximate surface area is 209 Å². The van der Waals surface area contributed by atoms with E-state index in [1.807, 2.05) is 22.9 Å². The minimum atomic E-state index is -1.53. The molecule has 0 radical (unpaired) electrons. The molecule has 5 rings (SSSR count). The second-order valence-corrected chi connectivity index (χ2v) is 9.95. The summed E-state index contributed by atoms with van der Waals surface area (Å²) in [5, 5.41) is 4.41. The number of nitrogen functional groups attached to an aromatic ring is 1. The third kappa shape index (κ3) is 4.81. The van der Waals surface area contributed by atoms with Gasteiger partial charge < -0.3 is 24.5 Å². The summed E-state index contributed by atoms with van der Waals surface area (Å²) in [4.78, 5) is 15.0. The topological polar surface area (TPSA) is 115 Å². The molecule has 36 heavy (non-hydrogen) atoms. The van der Waals surface area contributed by atoms with Crippen molar-refractivity contribution in [2.75, 3.05) is 68.1 Å². The normalized spacial score (nSPS) is 15.5. The molecule has 3 aromatic heterocycles. The zero-order chi connectivity index (χ0) is 25.4. The van der Waals surface area contributed by atoms with E-state index in [4.69, 9.17) is 10.2 Å². The lowest BCUT2D eigenvalue weighted by Crippen LogP contribution is -2.48. The molecular weight excluding hydrogens is 490 g/mol. The molecule has 10 nitrogen and oxygen atoms in total. The molecule has 0 aliphatic carbocycles. The van der Waals surface area contributed by atoms with Crippen molar-refractivity contribution in [1.29, 1.82) is 0 Å². The molecule has 1 atom stereocenters. The zero-order valence-electron chi connectivity index (χ0n) is 19.9. The maximum absolute atomic E-state index is 14.4. The minimum Gasteiger partial charge on any atom is -0.612 e. The van der Waals surface area contributed by atoms with E-state index in [1.165, 1.54) is 16.8 Å². The van der Waals surface area contributed by atoms with E-state index in [1.54, 1.807) is 18.4 Å². The van der Waals surface area contributed by atoms with E-state index in [0.717, 1.165) is 12.6 Å². The Hall–Kier alpha value is -3.42. The van der Waals surface area contributed by atoms with Crippen LogP contribution in [0.1, 0.15) is 0 Å². The van der Waals surface area contributed by atoms with Gasteiger partial charge in [0.05, 0.1) is 12.0 Å². The fraction of sp³-hybridized carbons (Fsp3) is 0.348. The maximum Gasteiger partial charge on any atom is 0.230 e. The van der Waals surface area contributed by atoms with E-state index in [2.05, 4.69) is 20.0 Å². The second-order valence-electron chi connectivity index (χ2n) is 8.60. The Morgan fingerprint density at radius 3 is 2.61 bits per heavy atom. The maximum atomic E-state index is 14.4. The third-order valence-corrected chi connectivity index (χ3v) is 7.16. The molecule has 0 amide bonds. The molecule has 190 valence electrons. The van der Waals surface area contributed by atoms with Crippen molar-refractivity contribution in [3.05, 3.63) is 48.2 Å². The fourth-order valence-electron chi connectivity index (χ4n) is 4.20. The van der Waals surface area contributed by atoms with Crippen molar-refractivity contribution >= 4 is 34.4 Å². The average molecular weight is 517 g/mol. The molecule has 1 aromatic carbocycles. The van der Waals surface area contributed by atoms with Crippen LogP contribution in [0.25, 0.3) is 17.1 Å². The summed E-state index contributed by atoms with van der Waals surface area (Å²) < 4.78 is 47.0. The number of nitrogens with two attached hydrogens (primary N) is 1. The van der Waals surface area contributed by atoms with Gasteiger partial charge in [-0.2, -0.15) is 19.6 Å². The fourth-order valence-corrected chi connectivity index (χ4v) is 4.81. The number of aromatic nitrogens is 4. The standard InChI is InChI=1S/C23H26F2N8O2S/c1-30(23-27-21-13-17(19-4-3-11-35-19)29-33(21)22(26)28-23)5-6-31-7-9-32(10-8-31)18-14-20(36(2)34)16(25)12-15(18)24/h3-4,11-14H,5-10H2,1-2H3,(H2,26,27,28)/t36-/m1/s1. The smallest absolute Gasteiger partial charge is 0.230 e. The van der Waals surface area contributed by atoms with Gasteiger partial charge in [0, 0.05) is 64.5 Å². The number of hydrogen-bond acceptors (Lipinski definition) is 9. The zero-order valence-corrected chi connectivity index (χ0v) is 20.7. The predicted molar refractivity (Wildman–Crippen MR) is 134 cm³/mol. The van der Waals surface area contributed by atoms with Gasteiger partial charge in [-0.15, -0.1) is 0 Å². The predicted octanol–water partition coefficient (Wildman–Crippen LogP) is 2.24. The molecule has 0 saturated carbocycles. The van der Waals surface area contributed by atoms with Gasteiger partial charge in [-0.05, 0) is 23.3 Å². The summed E-state index contributed by atoms with van der Waals surface area (Å²) >= 11 is -1.53. The molecule has 4 aromatic rings. The molecular formula is C23H26F2N8O2S. The van der Waals surface area contributed by atoms with E-state index in [-0.39, 0.29) is 16.5 Å². The number of fused-ring (bicyclic) bond motifs is 1. The number of benzene rings is 1. The molecule has 0 unspecified atom stereocenters. The number of halogens is 2. The first-order valence-corrected chi connectivity index (χ1v) is 12.9. The van der Waals surface area contributed by atoms with Crippen molar-refractivity contribution in [2.45, 2.75) is 4.90 Å². The highest BCUT2D eigenvalue weighted by atomic mass is 32.2. The van der Waals surface area contributed by atoms with Crippen LogP contribution >= 0.6 is 0 Å². The van der Waals surface area contributed by atoms with Gasteiger partial charge >= 0.3 is 0 Å². The third-order valence-electron chi connectivity index (χ3n) is 6.23. The summed E-state index contributed by atoms with van der Waals surface area (Å²) in [7, 11) is 1.89. The molecule has 0 bridgehead atoms. The van der Waals surface area contributed by atoms with Gasteiger partial charge in [0.1, 0.15) is 17.8 Å². The van der Waals surface area contributed by atoms with Gasteiger partial charge in [0.15, 0.2) is 22.1 Å². The number of rotatable bonds is 7. The van der Waals surface area contributed by atoms with E-state index in [0.29, 0.717) is 55.8 Å². The first-order chi connectivity index (χ1) is 17.3. The van der Waals surface area contributed by atoms with Crippen LogP contribution in [0.5, 0.6) is 0 Å². The highest BCUT2D eigenvalue weighted by Gasteiger charge is 2.24. The Bertz CT molecular complexity index is 1360. The number of furan rings is 1. The van der Waals surface area contributed by atoms with Crippen LogP contribution in [0.3, 0.4) is 0 Å². The quantitative estimate of drug-likeness (QED) is 0.369. The summed E-state index contributed by atoms with van der Waals surface area (Å²) in [6, 6.07) is 7.56. The number of likely N-dealkylation sites (N-methyl/N-ethyl adjacent to an activating group) is 1. The van der Waals surface area contributed by atoms with Gasteiger partial charge in [-0.25, -0.2) is 8.78 Å². The minimum absolute atomic E-state index is 0.0150.